The third-order valence-electron chi connectivity index (χ3n) is 3.76. The Morgan fingerprint density at radius 3 is 2.67 bits per heavy atom. The number of rotatable bonds is 3. The van der Waals surface area contributed by atoms with Gasteiger partial charge in [-0.25, -0.2) is 0 Å². The number of aromatic hydroxyl groups is 1. The SMILES string of the molecule is COc1cccc(C2CC(c3ccc(C)cc3)=NN2)c1O. The maximum Gasteiger partial charge on any atom is 0.163 e. The van der Waals surface area contributed by atoms with E-state index in [1.54, 1.807) is 13.2 Å². The van der Waals surface area contributed by atoms with Gasteiger partial charge < -0.3 is 15.3 Å². The van der Waals surface area contributed by atoms with Gasteiger partial charge in [0.15, 0.2) is 11.5 Å². The van der Waals surface area contributed by atoms with Gasteiger partial charge in [-0.15, -0.1) is 0 Å². The van der Waals surface area contributed by atoms with Crippen LogP contribution in [-0.4, -0.2) is 17.9 Å². The molecular weight excluding hydrogens is 264 g/mol. The number of nitrogens with zero attached hydrogens (tertiary/aromatic N) is 1. The molecule has 1 atom stereocenters. The molecule has 21 heavy (non-hydrogen) atoms. The fraction of sp³-hybridized carbons (Fsp3) is 0.235. The highest BCUT2D eigenvalue weighted by molar-refractivity contribution is 6.01. The van der Waals surface area contributed by atoms with E-state index in [2.05, 4.69) is 41.7 Å². The number of hydrazone groups is 1. The molecule has 1 unspecified atom stereocenters. The Hall–Kier alpha value is -2.49. The van der Waals surface area contributed by atoms with Gasteiger partial charge in [0.1, 0.15) is 0 Å². The largest absolute Gasteiger partial charge is 0.504 e. The predicted molar refractivity (Wildman–Crippen MR) is 82.9 cm³/mol. The van der Waals surface area contributed by atoms with E-state index in [0.717, 1.165) is 23.3 Å². The highest BCUT2D eigenvalue weighted by Crippen LogP contribution is 2.36. The van der Waals surface area contributed by atoms with Crippen LogP contribution < -0.4 is 10.2 Å². The number of nitrogens with one attached hydrogen (secondary N) is 1. The molecule has 0 saturated heterocycles. The van der Waals surface area contributed by atoms with Crippen molar-refractivity contribution in [1.29, 1.82) is 0 Å². The van der Waals surface area contributed by atoms with E-state index in [-0.39, 0.29) is 11.8 Å². The van der Waals surface area contributed by atoms with Gasteiger partial charge in [0.25, 0.3) is 0 Å². The molecule has 1 aliphatic rings. The molecule has 1 heterocycles. The first kappa shape index (κ1) is 13.5. The molecule has 0 amide bonds. The Kier molecular flexibility index (Phi) is 3.52. The number of phenols is 1. The van der Waals surface area contributed by atoms with Gasteiger partial charge in [-0.2, -0.15) is 5.10 Å². The van der Waals surface area contributed by atoms with Crippen molar-refractivity contribution in [3.8, 4) is 11.5 Å². The molecular formula is C17H18N2O2. The van der Waals surface area contributed by atoms with Gasteiger partial charge >= 0.3 is 0 Å². The van der Waals surface area contributed by atoms with Crippen LogP contribution >= 0.6 is 0 Å². The van der Waals surface area contributed by atoms with E-state index in [4.69, 9.17) is 4.74 Å². The summed E-state index contributed by atoms with van der Waals surface area (Å²) in [6, 6.07) is 13.8. The van der Waals surface area contributed by atoms with Crippen molar-refractivity contribution in [1.82, 2.24) is 5.43 Å². The summed E-state index contributed by atoms with van der Waals surface area (Å²) in [4.78, 5) is 0. The quantitative estimate of drug-likeness (QED) is 0.909. The van der Waals surface area contributed by atoms with E-state index >= 15 is 0 Å². The zero-order valence-corrected chi connectivity index (χ0v) is 12.1. The number of para-hydroxylation sites is 1. The first-order valence-electron chi connectivity index (χ1n) is 6.94. The summed E-state index contributed by atoms with van der Waals surface area (Å²) in [5, 5.41) is 14.6. The van der Waals surface area contributed by atoms with Crippen molar-refractivity contribution < 1.29 is 9.84 Å². The maximum absolute atomic E-state index is 10.2. The normalized spacial score (nSPS) is 17.2. The summed E-state index contributed by atoms with van der Waals surface area (Å²) in [6.07, 6.45) is 0.740. The second-order valence-corrected chi connectivity index (χ2v) is 5.21. The van der Waals surface area contributed by atoms with Crippen molar-refractivity contribution >= 4 is 5.71 Å². The molecule has 0 aromatic heterocycles. The minimum atomic E-state index is -0.0311. The third-order valence-corrected chi connectivity index (χ3v) is 3.76. The van der Waals surface area contributed by atoms with E-state index < -0.39 is 0 Å². The molecule has 1 aliphatic heterocycles. The van der Waals surface area contributed by atoms with E-state index in [1.807, 2.05) is 12.1 Å². The molecule has 2 N–H and O–H groups in total. The fourth-order valence-corrected chi connectivity index (χ4v) is 2.53. The molecule has 0 saturated carbocycles. The van der Waals surface area contributed by atoms with Crippen LogP contribution in [0.1, 0.15) is 29.2 Å². The Morgan fingerprint density at radius 2 is 1.95 bits per heavy atom. The average molecular weight is 282 g/mol. The van der Waals surface area contributed by atoms with Gasteiger partial charge in [0.2, 0.25) is 0 Å². The van der Waals surface area contributed by atoms with Crippen molar-refractivity contribution in [3.05, 3.63) is 59.2 Å². The lowest BCUT2D eigenvalue weighted by atomic mass is 9.98. The number of methoxy groups -OCH3 is 1. The Balaban J connectivity index is 1.82. The monoisotopic (exact) mass is 282 g/mol. The number of benzene rings is 2. The van der Waals surface area contributed by atoms with E-state index in [0.29, 0.717) is 5.75 Å². The number of phenolic OH excluding ortho intramolecular Hbond substituents is 1. The van der Waals surface area contributed by atoms with Crippen LogP contribution in [0.4, 0.5) is 0 Å². The number of hydrogen-bond acceptors (Lipinski definition) is 4. The molecule has 4 heteroatoms. The molecule has 108 valence electrons. The van der Waals surface area contributed by atoms with Crippen molar-refractivity contribution in [3.63, 3.8) is 0 Å². The minimum Gasteiger partial charge on any atom is -0.504 e. The Morgan fingerprint density at radius 1 is 1.19 bits per heavy atom. The van der Waals surface area contributed by atoms with E-state index in [1.165, 1.54) is 5.56 Å². The Labute approximate surface area is 124 Å². The summed E-state index contributed by atoms with van der Waals surface area (Å²) in [5.41, 5.74) is 7.25. The first-order valence-corrected chi connectivity index (χ1v) is 6.94. The zero-order valence-electron chi connectivity index (χ0n) is 12.1. The zero-order chi connectivity index (χ0) is 14.8. The number of ether oxygens (including phenoxy) is 1. The summed E-state index contributed by atoms with van der Waals surface area (Å²) in [6.45, 7) is 2.07. The van der Waals surface area contributed by atoms with Crippen LogP contribution in [0.2, 0.25) is 0 Å². The molecule has 0 aliphatic carbocycles. The average Bonchev–Trinajstić information content (AvgIpc) is 2.98. The van der Waals surface area contributed by atoms with Crippen LogP contribution in [0.15, 0.2) is 47.6 Å². The fourth-order valence-electron chi connectivity index (χ4n) is 2.53. The summed E-state index contributed by atoms with van der Waals surface area (Å²) >= 11 is 0. The number of aryl methyl sites for hydroxylation is 1. The molecule has 2 aromatic rings. The predicted octanol–water partition coefficient (Wildman–Crippen LogP) is 3.15. The van der Waals surface area contributed by atoms with Crippen LogP contribution in [0.25, 0.3) is 0 Å². The molecule has 0 bridgehead atoms. The van der Waals surface area contributed by atoms with Crippen LogP contribution in [-0.2, 0) is 0 Å². The Bertz CT molecular complexity index is 678. The van der Waals surface area contributed by atoms with Crippen LogP contribution in [0.5, 0.6) is 11.5 Å². The van der Waals surface area contributed by atoms with Crippen molar-refractivity contribution in [2.45, 2.75) is 19.4 Å². The van der Waals surface area contributed by atoms with Gasteiger partial charge in [-0.3, -0.25) is 0 Å². The third kappa shape index (κ3) is 2.57. The van der Waals surface area contributed by atoms with Crippen molar-refractivity contribution in [2.24, 2.45) is 5.10 Å². The molecule has 3 rings (SSSR count). The molecule has 0 fully saturated rings. The van der Waals surface area contributed by atoms with Gasteiger partial charge in [0.05, 0.1) is 18.9 Å². The highest BCUT2D eigenvalue weighted by atomic mass is 16.5. The van der Waals surface area contributed by atoms with Crippen LogP contribution in [0.3, 0.4) is 0 Å². The second kappa shape index (κ2) is 5.48. The van der Waals surface area contributed by atoms with E-state index in [9.17, 15) is 5.11 Å². The summed E-state index contributed by atoms with van der Waals surface area (Å²) in [7, 11) is 1.55. The molecule has 0 spiro atoms. The number of hydrogen-bond donors (Lipinski definition) is 2. The topological polar surface area (TPSA) is 53.8 Å². The van der Waals surface area contributed by atoms with Gasteiger partial charge in [-0.05, 0) is 18.6 Å². The molecule has 4 nitrogen and oxygen atoms in total. The minimum absolute atomic E-state index is 0.0311. The van der Waals surface area contributed by atoms with Crippen LogP contribution in [0, 0.1) is 6.92 Å². The molecule has 2 aromatic carbocycles. The highest BCUT2D eigenvalue weighted by Gasteiger charge is 2.24. The van der Waals surface area contributed by atoms with Gasteiger partial charge in [0, 0.05) is 12.0 Å². The van der Waals surface area contributed by atoms with Crippen molar-refractivity contribution in [2.75, 3.05) is 7.11 Å². The van der Waals surface area contributed by atoms with Gasteiger partial charge in [-0.1, -0.05) is 42.0 Å². The lowest BCUT2D eigenvalue weighted by Gasteiger charge is -2.14. The second-order valence-electron chi connectivity index (χ2n) is 5.21. The maximum atomic E-state index is 10.2. The summed E-state index contributed by atoms with van der Waals surface area (Å²) in [5.74, 6) is 0.663. The lowest BCUT2D eigenvalue weighted by molar-refractivity contribution is 0.367. The summed E-state index contributed by atoms with van der Waals surface area (Å²) < 4.78 is 5.15. The molecule has 0 radical (unpaired) electrons. The lowest BCUT2D eigenvalue weighted by Crippen LogP contribution is -2.10. The smallest absolute Gasteiger partial charge is 0.163 e. The standard InChI is InChI=1S/C17H18N2O2/c1-11-6-8-12(9-7-11)14-10-15(19-18-14)13-4-3-5-16(21-2)17(13)20/h3-9,15,19-20H,10H2,1-2H3. The first-order chi connectivity index (χ1) is 10.2.